The van der Waals surface area contributed by atoms with Crippen molar-refractivity contribution in [2.75, 3.05) is 6.54 Å². The Morgan fingerprint density at radius 2 is 2.08 bits per heavy atom. The summed E-state index contributed by atoms with van der Waals surface area (Å²) in [5.74, 6) is 0.631. The number of aryl methyl sites for hydroxylation is 1. The van der Waals surface area contributed by atoms with Crippen molar-refractivity contribution >= 4 is 11.4 Å². The summed E-state index contributed by atoms with van der Waals surface area (Å²) in [5.41, 5.74) is 2.74. The molecule has 1 aliphatic rings. The van der Waals surface area contributed by atoms with Gasteiger partial charge in [0.1, 0.15) is 18.0 Å². The van der Waals surface area contributed by atoms with Crippen LogP contribution in [0.2, 0.25) is 0 Å². The fourth-order valence-electron chi connectivity index (χ4n) is 3.70. The fourth-order valence-corrected chi connectivity index (χ4v) is 3.70. The zero-order valence-corrected chi connectivity index (χ0v) is 14.7. The van der Waals surface area contributed by atoms with Crippen LogP contribution in [-0.4, -0.2) is 31.7 Å². The maximum absolute atomic E-state index is 13.1. The van der Waals surface area contributed by atoms with Crippen molar-refractivity contribution in [3.8, 4) is 0 Å². The Kier molecular flexibility index (Phi) is 4.41. The van der Waals surface area contributed by atoms with Crippen molar-refractivity contribution in [1.82, 2.24) is 19.3 Å². The number of hydrogen-bond donors (Lipinski definition) is 0. The van der Waals surface area contributed by atoms with Gasteiger partial charge in [0.25, 0.3) is 0 Å². The van der Waals surface area contributed by atoms with Crippen LogP contribution < -0.4 is 0 Å². The average molecular weight is 352 g/mol. The van der Waals surface area contributed by atoms with Crippen molar-refractivity contribution in [2.45, 2.75) is 38.6 Å². The molecule has 1 amide bonds. The zero-order valence-electron chi connectivity index (χ0n) is 14.7. The number of nitrogens with zero attached hydrogens (tertiary/aromatic N) is 4. The Hall–Kier alpha value is -2.76. The highest BCUT2D eigenvalue weighted by atomic mass is 19.1. The highest BCUT2D eigenvalue weighted by Gasteiger charge is 2.30. The summed E-state index contributed by atoms with van der Waals surface area (Å²) in [6, 6.07) is 8.06. The standard InChI is InChI=1S/C20H21FN4O/c1-14-10-17-12-22-13-25(17)20(23-14)18-4-2-3-9-24(18)19(26)11-15-5-7-16(21)8-6-15/h5-8,10,12-13,18H,2-4,9,11H2,1H3/t18-/m1/s1. The first-order chi connectivity index (χ1) is 12.6. The number of benzene rings is 1. The van der Waals surface area contributed by atoms with E-state index in [1.807, 2.05) is 28.5 Å². The van der Waals surface area contributed by atoms with E-state index in [-0.39, 0.29) is 24.2 Å². The van der Waals surface area contributed by atoms with E-state index in [4.69, 9.17) is 4.98 Å². The van der Waals surface area contributed by atoms with Crippen LogP contribution in [0.1, 0.15) is 42.4 Å². The largest absolute Gasteiger partial charge is 0.332 e. The topological polar surface area (TPSA) is 50.5 Å². The monoisotopic (exact) mass is 352 g/mol. The highest BCUT2D eigenvalue weighted by molar-refractivity contribution is 5.79. The summed E-state index contributed by atoms with van der Waals surface area (Å²) >= 11 is 0. The molecule has 4 rings (SSSR count). The third-order valence-electron chi connectivity index (χ3n) is 4.95. The highest BCUT2D eigenvalue weighted by Crippen LogP contribution is 2.31. The molecule has 0 spiro atoms. The van der Waals surface area contributed by atoms with Gasteiger partial charge < -0.3 is 4.90 Å². The molecule has 6 heteroatoms. The maximum atomic E-state index is 13.1. The molecule has 1 fully saturated rings. The van der Waals surface area contributed by atoms with Gasteiger partial charge in [-0.05, 0) is 49.9 Å². The van der Waals surface area contributed by atoms with Crippen molar-refractivity contribution in [3.63, 3.8) is 0 Å². The molecule has 134 valence electrons. The summed E-state index contributed by atoms with van der Waals surface area (Å²) in [6.45, 7) is 2.68. The van der Waals surface area contributed by atoms with Crippen LogP contribution in [0, 0.1) is 12.7 Å². The van der Waals surface area contributed by atoms with Crippen LogP contribution in [-0.2, 0) is 11.2 Å². The molecule has 0 unspecified atom stereocenters. The molecule has 1 saturated heterocycles. The second kappa shape index (κ2) is 6.86. The molecule has 0 aliphatic carbocycles. The number of halogens is 1. The lowest BCUT2D eigenvalue weighted by molar-refractivity contribution is -0.134. The first-order valence-corrected chi connectivity index (χ1v) is 8.95. The van der Waals surface area contributed by atoms with E-state index in [9.17, 15) is 9.18 Å². The third-order valence-corrected chi connectivity index (χ3v) is 4.95. The molecule has 0 bridgehead atoms. The number of likely N-dealkylation sites (tertiary alicyclic amines) is 1. The van der Waals surface area contributed by atoms with Crippen molar-refractivity contribution in [2.24, 2.45) is 0 Å². The summed E-state index contributed by atoms with van der Waals surface area (Å²) in [6.07, 6.45) is 6.79. The predicted molar refractivity (Wildman–Crippen MR) is 96.1 cm³/mol. The quantitative estimate of drug-likeness (QED) is 0.725. The predicted octanol–water partition coefficient (Wildman–Crippen LogP) is 3.47. The fraction of sp³-hybridized carbons (Fsp3) is 0.350. The van der Waals surface area contributed by atoms with E-state index in [2.05, 4.69) is 4.98 Å². The second-order valence-corrected chi connectivity index (χ2v) is 6.85. The third kappa shape index (κ3) is 3.19. The van der Waals surface area contributed by atoms with E-state index in [1.165, 1.54) is 12.1 Å². The lowest BCUT2D eigenvalue weighted by Gasteiger charge is -2.35. The van der Waals surface area contributed by atoms with Gasteiger partial charge in [0.15, 0.2) is 0 Å². The summed E-state index contributed by atoms with van der Waals surface area (Å²) < 4.78 is 15.1. The van der Waals surface area contributed by atoms with Gasteiger partial charge in [0, 0.05) is 12.2 Å². The first-order valence-electron chi connectivity index (χ1n) is 8.95. The van der Waals surface area contributed by atoms with Gasteiger partial charge in [0.05, 0.1) is 24.2 Å². The van der Waals surface area contributed by atoms with Crippen LogP contribution >= 0.6 is 0 Å². The number of aromatic nitrogens is 3. The minimum atomic E-state index is -0.288. The lowest BCUT2D eigenvalue weighted by Crippen LogP contribution is -2.40. The number of carbonyl (C=O) groups excluding carboxylic acids is 1. The molecular weight excluding hydrogens is 331 g/mol. The molecule has 1 aliphatic heterocycles. The van der Waals surface area contributed by atoms with Gasteiger partial charge in [-0.25, -0.2) is 14.4 Å². The molecule has 0 N–H and O–H groups in total. The minimum absolute atomic E-state index is 0.0536. The van der Waals surface area contributed by atoms with Crippen LogP contribution in [0.3, 0.4) is 0 Å². The van der Waals surface area contributed by atoms with Gasteiger partial charge >= 0.3 is 0 Å². The van der Waals surface area contributed by atoms with E-state index in [0.717, 1.165) is 48.4 Å². The Bertz CT molecular complexity index is 935. The Balaban J connectivity index is 1.64. The smallest absolute Gasteiger partial charge is 0.227 e. The normalized spacial score (nSPS) is 17.6. The first kappa shape index (κ1) is 16.7. The van der Waals surface area contributed by atoms with Crippen LogP contribution in [0.5, 0.6) is 0 Å². The van der Waals surface area contributed by atoms with Crippen LogP contribution in [0.25, 0.3) is 5.52 Å². The minimum Gasteiger partial charge on any atom is -0.332 e. The molecule has 0 radical (unpaired) electrons. The number of hydrogen-bond acceptors (Lipinski definition) is 3. The van der Waals surface area contributed by atoms with Crippen molar-refractivity contribution in [1.29, 1.82) is 0 Å². The number of imidazole rings is 1. The van der Waals surface area contributed by atoms with Crippen molar-refractivity contribution < 1.29 is 9.18 Å². The average Bonchev–Trinajstić information content (AvgIpc) is 3.11. The number of piperidine rings is 1. The van der Waals surface area contributed by atoms with Crippen LogP contribution in [0.15, 0.2) is 42.9 Å². The van der Waals surface area contributed by atoms with E-state index in [1.54, 1.807) is 18.5 Å². The maximum Gasteiger partial charge on any atom is 0.227 e. The number of amides is 1. The molecule has 0 saturated carbocycles. The summed E-state index contributed by atoms with van der Waals surface area (Å²) in [4.78, 5) is 23.9. The van der Waals surface area contributed by atoms with Gasteiger partial charge in [-0.2, -0.15) is 0 Å². The summed E-state index contributed by atoms with van der Waals surface area (Å²) in [7, 11) is 0. The van der Waals surface area contributed by atoms with Gasteiger partial charge in [-0.3, -0.25) is 9.20 Å². The number of carbonyl (C=O) groups is 1. The molecule has 3 heterocycles. The second-order valence-electron chi connectivity index (χ2n) is 6.85. The molecule has 5 nitrogen and oxygen atoms in total. The van der Waals surface area contributed by atoms with E-state index in [0.29, 0.717) is 0 Å². The van der Waals surface area contributed by atoms with Crippen LogP contribution in [0.4, 0.5) is 4.39 Å². The number of fused-ring (bicyclic) bond motifs is 1. The lowest BCUT2D eigenvalue weighted by atomic mass is 9.99. The molecule has 1 aromatic carbocycles. The zero-order chi connectivity index (χ0) is 18.1. The van der Waals surface area contributed by atoms with E-state index < -0.39 is 0 Å². The van der Waals surface area contributed by atoms with Gasteiger partial charge in [-0.1, -0.05) is 12.1 Å². The van der Waals surface area contributed by atoms with Crippen molar-refractivity contribution in [3.05, 3.63) is 65.8 Å². The van der Waals surface area contributed by atoms with Gasteiger partial charge in [0.2, 0.25) is 5.91 Å². The Labute approximate surface area is 151 Å². The number of rotatable bonds is 3. The SMILES string of the molecule is Cc1cc2cncn2c([C@H]2CCCCN2C(=O)Cc2ccc(F)cc2)n1. The van der Waals surface area contributed by atoms with Gasteiger partial charge in [-0.15, -0.1) is 0 Å². The molecule has 3 aromatic rings. The molecular formula is C20H21FN4O. The Morgan fingerprint density at radius 3 is 2.88 bits per heavy atom. The molecule has 26 heavy (non-hydrogen) atoms. The molecule has 2 aromatic heterocycles. The molecule has 1 atom stereocenters. The Morgan fingerprint density at radius 1 is 1.27 bits per heavy atom. The van der Waals surface area contributed by atoms with E-state index >= 15 is 0 Å². The summed E-state index contributed by atoms with van der Waals surface area (Å²) in [5, 5.41) is 0.